The van der Waals surface area contributed by atoms with Gasteiger partial charge in [0.25, 0.3) is 0 Å². The van der Waals surface area contributed by atoms with Crippen LogP contribution in [0.2, 0.25) is 0 Å². The molecule has 2 rings (SSSR count). The summed E-state index contributed by atoms with van der Waals surface area (Å²) in [6, 6.07) is 15.0. The minimum atomic E-state index is 0.969. The van der Waals surface area contributed by atoms with Crippen LogP contribution in [0.1, 0.15) is 25.8 Å². The van der Waals surface area contributed by atoms with E-state index in [9.17, 15) is 0 Å². The zero-order valence-electron chi connectivity index (χ0n) is 11.2. The summed E-state index contributed by atoms with van der Waals surface area (Å²) in [6.07, 6.45) is 3.46. The van der Waals surface area contributed by atoms with Crippen LogP contribution in [-0.4, -0.2) is 13.1 Å². The van der Waals surface area contributed by atoms with Gasteiger partial charge in [-0.3, -0.25) is 0 Å². The highest BCUT2D eigenvalue weighted by Gasteiger charge is 1.98. The standard InChI is InChI=1S/C17H21N/c1-3-11-18-13-14(2)12-16-9-6-8-15-7-4-5-10-17(15)16/h4-10,12,18H,3,11,13H2,1-2H3. The summed E-state index contributed by atoms with van der Waals surface area (Å²) in [4.78, 5) is 0. The van der Waals surface area contributed by atoms with Crippen molar-refractivity contribution in [3.8, 4) is 0 Å². The van der Waals surface area contributed by atoms with E-state index in [4.69, 9.17) is 0 Å². The maximum atomic E-state index is 3.43. The molecule has 0 fully saturated rings. The summed E-state index contributed by atoms with van der Waals surface area (Å²) in [7, 11) is 0. The van der Waals surface area contributed by atoms with Crippen molar-refractivity contribution in [1.82, 2.24) is 5.32 Å². The van der Waals surface area contributed by atoms with E-state index in [1.165, 1.54) is 28.3 Å². The van der Waals surface area contributed by atoms with Gasteiger partial charge in [-0.15, -0.1) is 0 Å². The normalized spacial score (nSPS) is 12.0. The second kappa shape index (κ2) is 6.36. The van der Waals surface area contributed by atoms with Crippen molar-refractivity contribution < 1.29 is 0 Å². The van der Waals surface area contributed by atoms with Gasteiger partial charge < -0.3 is 5.32 Å². The van der Waals surface area contributed by atoms with Gasteiger partial charge in [-0.25, -0.2) is 0 Å². The lowest BCUT2D eigenvalue weighted by Crippen LogP contribution is -2.16. The number of hydrogen-bond donors (Lipinski definition) is 1. The number of benzene rings is 2. The van der Waals surface area contributed by atoms with Crippen LogP contribution in [0.15, 0.2) is 48.0 Å². The molecule has 0 aliphatic rings. The number of hydrogen-bond acceptors (Lipinski definition) is 1. The van der Waals surface area contributed by atoms with Gasteiger partial charge in [0.1, 0.15) is 0 Å². The summed E-state index contributed by atoms with van der Waals surface area (Å²) in [5.74, 6) is 0. The minimum Gasteiger partial charge on any atom is -0.313 e. The van der Waals surface area contributed by atoms with Gasteiger partial charge in [0.2, 0.25) is 0 Å². The molecule has 0 spiro atoms. The first kappa shape index (κ1) is 12.8. The average molecular weight is 239 g/mol. The Morgan fingerprint density at radius 2 is 1.89 bits per heavy atom. The third kappa shape index (κ3) is 3.21. The molecule has 1 nitrogen and oxygen atoms in total. The first-order valence-corrected chi connectivity index (χ1v) is 6.67. The van der Waals surface area contributed by atoms with Crippen molar-refractivity contribution in [3.05, 3.63) is 53.6 Å². The van der Waals surface area contributed by atoms with Crippen LogP contribution in [0.3, 0.4) is 0 Å². The summed E-state index contributed by atoms with van der Waals surface area (Å²) < 4.78 is 0. The predicted molar refractivity (Wildman–Crippen MR) is 80.8 cm³/mol. The molecule has 0 unspecified atom stereocenters. The SMILES string of the molecule is CCCNCC(C)=Cc1cccc2ccccc12. The van der Waals surface area contributed by atoms with Crippen LogP contribution in [-0.2, 0) is 0 Å². The Balaban J connectivity index is 2.23. The predicted octanol–water partition coefficient (Wildman–Crippen LogP) is 4.24. The van der Waals surface area contributed by atoms with Gasteiger partial charge in [-0.05, 0) is 36.2 Å². The molecule has 1 N–H and O–H groups in total. The average Bonchev–Trinajstić information content (AvgIpc) is 2.39. The third-order valence-electron chi connectivity index (χ3n) is 3.06. The molecular weight excluding hydrogens is 218 g/mol. The molecule has 94 valence electrons. The molecule has 0 radical (unpaired) electrons. The summed E-state index contributed by atoms with van der Waals surface area (Å²) in [5, 5.41) is 6.07. The van der Waals surface area contributed by atoms with Crippen LogP contribution in [0.25, 0.3) is 16.8 Å². The van der Waals surface area contributed by atoms with Crippen LogP contribution in [0, 0.1) is 0 Å². The van der Waals surface area contributed by atoms with E-state index in [0.29, 0.717) is 0 Å². The molecule has 0 aliphatic heterocycles. The molecule has 18 heavy (non-hydrogen) atoms. The van der Waals surface area contributed by atoms with Crippen LogP contribution < -0.4 is 5.32 Å². The Morgan fingerprint density at radius 3 is 2.72 bits per heavy atom. The monoisotopic (exact) mass is 239 g/mol. The highest BCUT2D eigenvalue weighted by Crippen LogP contribution is 2.20. The van der Waals surface area contributed by atoms with Gasteiger partial charge in [0, 0.05) is 6.54 Å². The molecule has 0 bridgehead atoms. The fourth-order valence-corrected chi connectivity index (χ4v) is 2.16. The van der Waals surface area contributed by atoms with Crippen molar-refractivity contribution in [1.29, 1.82) is 0 Å². The molecule has 0 heterocycles. The molecular formula is C17H21N. The van der Waals surface area contributed by atoms with Crippen molar-refractivity contribution in [3.63, 3.8) is 0 Å². The Hall–Kier alpha value is -1.60. The van der Waals surface area contributed by atoms with E-state index in [0.717, 1.165) is 13.1 Å². The van der Waals surface area contributed by atoms with Gasteiger partial charge in [0.15, 0.2) is 0 Å². The maximum Gasteiger partial charge on any atom is 0.0165 e. The van der Waals surface area contributed by atoms with Crippen LogP contribution in [0.4, 0.5) is 0 Å². The summed E-state index contributed by atoms with van der Waals surface area (Å²) in [6.45, 7) is 6.43. The van der Waals surface area contributed by atoms with E-state index in [2.05, 4.69) is 67.7 Å². The van der Waals surface area contributed by atoms with Crippen LogP contribution >= 0.6 is 0 Å². The van der Waals surface area contributed by atoms with E-state index in [-0.39, 0.29) is 0 Å². The first-order chi connectivity index (χ1) is 8.81. The molecule has 0 saturated heterocycles. The fraction of sp³-hybridized carbons (Fsp3) is 0.294. The Kier molecular flexibility index (Phi) is 4.54. The number of rotatable bonds is 5. The molecule has 1 heteroatoms. The van der Waals surface area contributed by atoms with Gasteiger partial charge in [0.05, 0.1) is 0 Å². The zero-order chi connectivity index (χ0) is 12.8. The van der Waals surface area contributed by atoms with Crippen molar-refractivity contribution in [2.24, 2.45) is 0 Å². The van der Waals surface area contributed by atoms with Gasteiger partial charge >= 0.3 is 0 Å². The second-order valence-electron chi connectivity index (χ2n) is 4.74. The molecule has 0 aliphatic carbocycles. The minimum absolute atomic E-state index is 0.969. The van der Waals surface area contributed by atoms with E-state index < -0.39 is 0 Å². The third-order valence-corrected chi connectivity index (χ3v) is 3.06. The maximum absolute atomic E-state index is 3.43. The molecule has 2 aromatic carbocycles. The van der Waals surface area contributed by atoms with E-state index in [1.807, 2.05) is 0 Å². The molecule has 0 atom stereocenters. The highest BCUT2D eigenvalue weighted by atomic mass is 14.8. The summed E-state index contributed by atoms with van der Waals surface area (Å²) >= 11 is 0. The lowest BCUT2D eigenvalue weighted by molar-refractivity contribution is 0.715. The lowest BCUT2D eigenvalue weighted by atomic mass is 10.0. The Bertz CT molecular complexity index is 535. The summed E-state index contributed by atoms with van der Waals surface area (Å²) in [5.41, 5.74) is 2.68. The second-order valence-corrected chi connectivity index (χ2v) is 4.74. The van der Waals surface area contributed by atoms with E-state index in [1.54, 1.807) is 0 Å². The fourth-order valence-electron chi connectivity index (χ4n) is 2.16. The zero-order valence-corrected chi connectivity index (χ0v) is 11.2. The highest BCUT2D eigenvalue weighted by molar-refractivity contribution is 5.90. The quantitative estimate of drug-likeness (QED) is 0.769. The van der Waals surface area contributed by atoms with Crippen molar-refractivity contribution >= 4 is 16.8 Å². The van der Waals surface area contributed by atoms with Crippen molar-refractivity contribution in [2.75, 3.05) is 13.1 Å². The smallest absolute Gasteiger partial charge is 0.0165 e. The largest absolute Gasteiger partial charge is 0.313 e. The lowest BCUT2D eigenvalue weighted by Gasteiger charge is -2.06. The Morgan fingerprint density at radius 1 is 1.11 bits per heavy atom. The number of fused-ring (bicyclic) bond motifs is 1. The van der Waals surface area contributed by atoms with Gasteiger partial charge in [-0.2, -0.15) is 0 Å². The van der Waals surface area contributed by atoms with Gasteiger partial charge in [-0.1, -0.05) is 61.0 Å². The van der Waals surface area contributed by atoms with Crippen molar-refractivity contribution in [2.45, 2.75) is 20.3 Å². The van der Waals surface area contributed by atoms with E-state index >= 15 is 0 Å². The first-order valence-electron chi connectivity index (χ1n) is 6.67. The molecule has 2 aromatic rings. The topological polar surface area (TPSA) is 12.0 Å². The van der Waals surface area contributed by atoms with Crippen LogP contribution in [0.5, 0.6) is 0 Å². The molecule has 0 saturated carbocycles. The molecule has 0 amide bonds. The molecule has 0 aromatic heterocycles. The Labute approximate surface area is 110 Å². The number of nitrogens with one attached hydrogen (secondary N) is 1.